The number of hydrogen-bond donors (Lipinski definition) is 5. The monoisotopic (exact) mass is 1220 g/mol. The van der Waals surface area contributed by atoms with Crippen LogP contribution in [0.1, 0.15) is 150 Å². The summed E-state index contributed by atoms with van der Waals surface area (Å²) in [5.74, 6) is -3.54. The molecule has 0 aliphatic carbocycles. The number of ketones is 2. The van der Waals surface area contributed by atoms with E-state index in [1.807, 2.05) is 54.5 Å². The summed E-state index contributed by atoms with van der Waals surface area (Å²) in [4.78, 5) is 109. The Balaban J connectivity index is 1.34. The van der Waals surface area contributed by atoms with Crippen LogP contribution in [0.5, 0.6) is 11.5 Å². The summed E-state index contributed by atoms with van der Waals surface area (Å²) >= 11 is 6.86. The third kappa shape index (κ3) is 19.2. The quantitative estimate of drug-likeness (QED) is 0.0254. The van der Waals surface area contributed by atoms with E-state index in [0.29, 0.717) is 55.5 Å². The highest BCUT2D eigenvalue weighted by molar-refractivity contribution is 6.35. The van der Waals surface area contributed by atoms with E-state index < -0.39 is 101 Å². The molecule has 0 spiro atoms. The Bertz CT molecular complexity index is 2820. The number of carbonyl (C=O) groups is 8. The number of carbonyl (C=O) groups excluding carboxylic acids is 8. The number of nitrogens with two attached hydrogens (primary N) is 1. The van der Waals surface area contributed by atoms with Crippen molar-refractivity contribution in [2.75, 3.05) is 45.1 Å². The lowest BCUT2D eigenvalue weighted by atomic mass is 9.78. The number of benzene rings is 2. The number of Topliss-reactive ketones (excluding diaryl/α,β-unsaturated/α-hetero) is 2. The van der Waals surface area contributed by atoms with Gasteiger partial charge in [0.1, 0.15) is 57.4 Å². The van der Waals surface area contributed by atoms with Gasteiger partial charge in [0.25, 0.3) is 0 Å². The lowest BCUT2D eigenvalue weighted by Gasteiger charge is -2.41. The number of fused-ring (bicyclic) bond motifs is 5. The number of methoxy groups -OCH3 is 3. The molecule has 2 fully saturated rings. The molecule has 22 heteroatoms. The van der Waals surface area contributed by atoms with Crippen LogP contribution in [0.4, 0.5) is 21.0 Å². The SMILES string of the molecule is CCC(CC)C(=O)OC(C)(C)CCCCC(=O)C[C@H](C(=O)N[C@@H](CCCNC(N)=O)C(=O)Cc1ccc(NC(=O)O[C@H]2CC(=O)N(C)c3cc(cc(OC)c3Cl)C/C(C)=C/C=C/[C@@H](OC)[C@]3(O)CC(=O)O[C@@H](C3)[C@@H](C)[C@@H]3O[C@@]23C)cc1OC)C(C)C. The van der Waals surface area contributed by atoms with Crippen molar-refractivity contribution >= 4 is 70.4 Å². The second kappa shape index (κ2) is 31.4. The number of nitrogens with one attached hydrogen (secondary N) is 3. The number of epoxide rings is 1. The number of aliphatic hydroxyl groups is 1. The van der Waals surface area contributed by atoms with Crippen molar-refractivity contribution in [1.82, 2.24) is 10.6 Å². The zero-order chi connectivity index (χ0) is 63.8. The molecule has 21 nitrogen and oxygen atoms in total. The topological polar surface area (TPSA) is 290 Å². The molecule has 2 aromatic carbocycles. The number of unbranched alkanes of at least 4 members (excludes halogenated alkanes) is 1. The summed E-state index contributed by atoms with van der Waals surface area (Å²) in [6.45, 7) is 16.8. The summed E-state index contributed by atoms with van der Waals surface area (Å²) in [6, 6.07) is 6.36. The van der Waals surface area contributed by atoms with E-state index in [1.165, 1.54) is 38.4 Å². The van der Waals surface area contributed by atoms with Crippen molar-refractivity contribution < 1.29 is 76.6 Å². The van der Waals surface area contributed by atoms with Gasteiger partial charge in [-0.25, -0.2) is 9.59 Å². The molecule has 2 saturated heterocycles. The van der Waals surface area contributed by atoms with Crippen molar-refractivity contribution in [3.63, 3.8) is 0 Å². The second-order valence-electron chi connectivity index (χ2n) is 24.3. The number of primary amides is 1. The molecule has 3 aliphatic rings. The molecule has 9 atom stereocenters. The van der Waals surface area contributed by atoms with E-state index >= 15 is 0 Å². The Morgan fingerprint density at radius 2 is 1.69 bits per heavy atom. The average molecular weight is 1220 g/mol. The molecule has 86 heavy (non-hydrogen) atoms. The smallest absolute Gasteiger partial charge is 0.412 e. The fourth-order valence-corrected chi connectivity index (χ4v) is 11.7. The predicted molar refractivity (Wildman–Crippen MR) is 325 cm³/mol. The minimum Gasteiger partial charge on any atom is -0.496 e. The highest BCUT2D eigenvalue weighted by Crippen LogP contribution is 2.50. The lowest BCUT2D eigenvalue weighted by Crippen LogP contribution is -2.53. The number of rotatable bonds is 26. The highest BCUT2D eigenvalue weighted by Gasteiger charge is 2.64. The number of amides is 5. The van der Waals surface area contributed by atoms with Gasteiger partial charge in [0.2, 0.25) is 11.8 Å². The predicted octanol–water partition coefficient (Wildman–Crippen LogP) is 9.23. The van der Waals surface area contributed by atoms with E-state index in [-0.39, 0.29) is 91.5 Å². The minimum atomic E-state index is -1.65. The van der Waals surface area contributed by atoms with Crippen LogP contribution in [0.3, 0.4) is 0 Å². The number of nitrogens with zero attached hydrogens (tertiary/aromatic N) is 1. The summed E-state index contributed by atoms with van der Waals surface area (Å²) < 4.78 is 41.2. The fraction of sp³-hybridized carbons (Fsp3) is 0.625. The Morgan fingerprint density at radius 3 is 2.33 bits per heavy atom. The summed E-state index contributed by atoms with van der Waals surface area (Å²) in [7, 11) is 5.86. The van der Waals surface area contributed by atoms with Crippen LogP contribution in [0.2, 0.25) is 5.02 Å². The van der Waals surface area contributed by atoms with Gasteiger partial charge in [0, 0.05) is 75.5 Å². The van der Waals surface area contributed by atoms with Crippen molar-refractivity contribution in [1.29, 1.82) is 0 Å². The Kier molecular flexibility index (Phi) is 25.6. The molecule has 0 saturated carbocycles. The van der Waals surface area contributed by atoms with Gasteiger partial charge >= 0.3 is 24.1 Å². The third-order valence-electron chi connectivity index (χ3n) is 16.8. The van der Waals surface area contributed by atoms with Gasteiger partial charge in [-0.1, -0.05) is 76.1 Å². The van der Waals surface area contributed by atoms with E-state index in [9.17, 15) is 43.5 Å². The van der Waals surface area contributed by atoms with Gasteiger partial charge in [-0.05, 0) is 109 Å². The van der Waals surface area contributed by atoms with Crippen LogP contribution in [0, 0.1) is 23.7 Å². The molecular weight excluding hydrogens is 1130 g/mol. The molecule has 3 heterocycles. The van der Waals surface area contributed by atoms with Gasteiger partial charge in [-0.3, -0.25) is 34.1 Å². The fourth-order valence-electron chi connectivity index (χ4n) is 11.4. The van der Waals surface area contributed by atoms with Crippen LogP contribution in [-0.4, -0.2) is 135 Å². The number of anilines is 2. The van der Waals surface area contributed by atoms with Crippen LogP contribution in [0.25, 0.3) is 0 Å². The molecule has 5 rings (SSSR count). The number of hydrogen-bond acceptors (Lipinski definition) is 16. The standard InChI is InChI=1S/C64H92ClN5O16/c1-14-41(15-2)59(76)86-62(7,8)26-17-16-21-44(71)33-45(37(3)4)58(75)69-46(22-19-27-67-60(66)77)48(72)31-42-24-25-43(32-49(42)80-11)68-61(78)84-53-34-54(73)70(10)47-29-40(30-50(81-12)56(47)65)28-38(5)20-18-23-52(82-13)64(79)35-51(83-55(74)36-64)39(6)57-63(53,9)85-57/h18,20,23-25,29-30,32,37,39,41,45-46,51-53,57,79H,14-17,19,21-22,26-28,31,33-36H2,1-13H3,(H,68,78)(H,69,75)(H3,66,67,77)/b23-18+,38-20+/t39-,45+,46+,51+,52-,53+,57+,63+,64-/m1/s1. The van der Waals surface area contributed by atoms with Gasteiger partial charge in [-0.2, -0.15) is 0 Å². The molecule has 4 bridgehead atoms. The first-order valence-corrected chi connectivity index (χ1v) is 30.2. The number of ether oxygens (including phenoxy) is 7. The first kappa shape index (κ1) is 70.2. The second-order valence-corrected chi connectivity index (χ2v) is 24.7. The number of urea groups is 1. The highest BCUT2D eigenvalue weighted by atomic mass is 35.5. The van der Waals surface area contributed by atoms with Gasteiger partial charge < -0.3 is 59.5 Å². The Hall–Kier alpha value is -6.55. The van der Waals surface area contributed by atoms with Crippen LogP contribution in [-0.2, 0) is 65.3 Å². The maximum atomic E-state index is 14.5. The maximum absolute atomic E-state index is 14.5. The van der Waals surface area contributed by atoms with Gasteiger partial charge in [0.05, 0.1) is 50.8 Å². The lowest BCUT2D eigenvalue weighted by molar-refractivity contribution is -0.187. The maximum Gasteiger partial charge on any atom is 0.412 e. The Labute approximate surface area is 511 Å². The van der Waals surface area contributed by atoms with Crippen molar-refractivity contribution in [3.8, 4) is 11.5 Å². The summed E-state index contributed by atoms with van der Waals surface area (Å²) in [5.41, 5.74) is 4.26. The number of halogens is 1. The van der Waals surface area contributed by atoms with E-state index in [0.717, 1.165) is 11.1 Å². The largest absolute Gasteiger partial charge is 0.496 e. The van der Waals surface area contributed by atoms with Crippen LogP contribution >= 0.6 is 11.6 Å². The average Bonchev–Trinajstić information content (AvgIpc) is 1.74. The Morgan fingerprint density at radius 1 is 0.988 bits per heavy atom. The molecule has 0 aromatic heterocycles. The van der Waals surface area contributed by atoms with Crippen molar-refractivity contribution in [2.24, 2.45) is 29.4 Å². The van der Waals surface area contributed by atoms with Crippen molar-refractivity contribution in [3.05, 3.63) is 70.3 Å². The summed E-state index contributed by atoms with van der Waals surface area (Å²) in [6.07, 6.45) is 3.78. The van der Waals surface area contributed by atoms with Crippen LogP contribution < -0.4 is 36.1 Å². The van der Waals surface area contributed by atoms with E-state index in [4.69, 9.17) is 50.5 Å². The zero-order valence-corrected chi connectivity index (χ0v) is 53.2. The van der Waals surface area contributed by atoms with Gasteiger partial charge in [0.15, 0.2) is 5.78 Å². The first-order valence-electron chi connectivity index (χ1n) is 29.9. The van der Waals surface area contributed by atoms with E-state index in [1.54, 1.807) is 51.2 Å². The number of esters is 2. The van der Waals surface area contributed by atoms with Gasteiger partial charge in [-0.15, -0.1) is 0 Å². The molecule has 6 N–H and O–H groups in total. The normalized spacial score (nSPS) is 24.2. The molecule has 0 radical (unpaired) electrons. The number of allylic oxidation sites excluding steroid dienone is 3. The molecule has 2 aromatic rings. The molecule has 3 aliphatic heterocycles. The van der Waals surface area contributed by atoms with Crippen molar-refractivity contribution in [2.45, 2.75) is 199 Å². The third-order valence-corrected chi connectivity index (χ3v) is 17.2. The molecule has 476 valence electrons. The van der Waals surface area contributed by atoms with Crippen LogP contribution in [0.15, 0.2) is 54.1 Å². The first-order chi connectivity index (χ1) is 40.5. The molecule has 0 unspecified atom stereocenters. The minimum absolute atomic E-state index is 0.00428. The molecule has 5 amide bonds. The zero-order valence-electron chi connectivity index (χ0n) is 52.4. The summed E-state index contributed by atoms with van der Waals surface area (Å²) in [5, 5.41) is 20.3. The molecular formula is C64H92ClN5O16. The van der Waals surface area contributed by atoms with E-state index in [2.05, 4.69) is 16.0 Å².